The molecule has 2 rings (SSSR count). The molecule has 0 N–H and O–H groups in total. The van der Waals surface area contributed by atoms with Crippen molar-refractivity contribution in [2.75, 3.05) is 0 Å². The van der Waals surface area contributed by atoms with Gasteiger partial charge in [-0.15, -0.1) is 0 Å². The van der Waals surface area contributed by atoms with Crippen molar-refractivity contribution in [2.24, 2.45) is 0 Å². The third-order valence-corrected chi connectivity index (χ3v) is 4.22. The van der Waals surface area contributed by atoms with Crippen molar-refractivity contribution in [3.8, 4) is 0 Å². The Balaban J connectivity index is 2.14. The van der Waals surface area contributed by atoms with Crippen LogP contribution in [0.3, 0.4) is 0 Å². The number of hydrogen-bond acceptors (Lipinski definition) is 4. The summed E-state index contributed by atoms with van der Waals surface area (Å²) in [7, 11) is -1.75. The molecule has 5 heteroatoms. The summed E-state index contributed by atoms with van der Waals surface area (Å²) in [5.41, 5.74) is 1.11. The van der Waals surface area contributed by atoms with E-state index in [1.54, 1.807) is 13.8 Å². The average Bonchev–Trinajstić information content (AvgIpc) is 2.42. The largest absolute Gasteiger partial charge is 0.457 e. The molecule has 0 unspecified atom stereocenters. The van der Waals surface area contributed by atoms with Gasteiger partial charge in [-0.05, 0) is 25.2 Å². The fraction of sp³-hybridized carbons (Fsp3) is 0.421. The monoisotopic (exact) mass is 346 g/mol. The SMILES string of the molecule is CC1(C)OC(=O)C=C(C[C@H](/C=C/c2ccccc2)O[Si](C)(C)C)O1. The van der Waals surface area contributed by atoms with E-state index in [0.717, 1.165) is 5.56 Å². The molecule has 1 aliphatic heterocycles. The molecule has 0 amide bonds. The van der Waals surface area contributed by atoms with Gasteiger partial charge in [0.05, 0.1) is 12.2 Å². The molecule has 0 aliphatic carbocycles. The van der Waals surface area contributed by atoms with Gasteiger partial charge >= 0.3 is 5.97 Å². The molecule has 0 radical (unpaired) electrons. The van der Waals surface area contributed by atoms with Crippen LogP contribution in [0.15, 0.2) is 48.2 Å². The summed E-state index contributed by atoms with van der Waals surface area (Å²) < 4.78 is 17.1. The normalized spacial score (nSPS) is 18.7. The quantitative estimate of drug-likeness (QED) is 0.562. The number of cyclic esters (lactones) is 1. The minimum atomic E-state index is -1.75. The van der Waals surface area contributed by atoms with E-state index in [1.165, 1.54) is 6.08 Å². The highest BCUT2D eigenvalue weighted by molar-refractivity contribution is 6.69. The van der Waals surface area contributed by atoms with Crippen LogP contribution in [0.1, 0.15) is 25.8 Å². The van der Waals surface area contributed by atoms with Gasteiger partial charge in [-0.1, -0.05) is 42.5 Å². The molecule has 1 aromatic rings. The third kappa shape index (κ3) is 6.33. The van der Waals surface area contributed by atoms with Crippen molar-refractivity contribution in [3.63, 3.8) is 0 Å². The average molecular weight is 346 g/mol. The van der Waals surface area contributed by atoms with Crippen LogP contribution in [0.2, 0.25) is 19.6 Å². The number of hydrogen-bond donors (Lipinski definition) is 0. The summed E-state index contributed by atoms with van der Waals surface area (Å²) in [5.74, 6) is -0.717. The third-order valence-electron chi connectivity index (χ3n) is 3.21. The summed E-state index contributed by atoms with van der Waals surface area (Å²) in [4.78, 5) is 11.7. The minimum absolute atomic E-state index is 0.148. The molecule has 0 aromatic heterocycles. The number of rotatable bonds is 6. The Morgan fingerprint density at radius 1 is 1.17 bits per heavy atom. The van der Waals surface area contributed by atoms with E-state index in [9.17, 15) is 4.79 Å². The van der Waals surface area contributed by atoms with Gasteiger partial charge in [-0.25, -0.2) is 4.79 Å². The van der Waals surface area contributed by atoms with Crippen LogP contribution in [-0.4, -0.2) is 26.2 Å². The lowest BCUT2D eigenvalue weighted by Crippen LogP contribution is -2.36. The van der Waals surface area contributed by atoms with Crippen molar-refractivity contribution in [3.05, 3.63) is 53.8 Å². The van der Waals surface area contributed by atoms with E-state index < -0.39 is 14.1 Å². The maximum Gasteiger partial charge on any atom is 0.337 e. The molecule has 0 spiro atoms. The lowest BCUT2D eigenvalue weighted by molar-refractivity contribution is -0.206. The first-order valence-electron chi connectivity index (χ1n) is 8.17. The van der Waals surface area contributed by atoms with Gasteiger partial charge in [0, 0.05) is 20.3 Å². The second kappa shape index (κ2) is 7.36. The zero-order valence-electron chi connectivity index (χ0n) is 15.0. The van der Waals surface area contributed by atoms with E-state index in [2.05, 4.69) is 19.6 Å². The van der Waals surface area contributed by atoms with Crippen LogP contribution < -0.4 is 0 Å². The maximum absolute atomic E-state index is 11.7. The Hall–Kier alpha value is -1.85. The van der Waals surface area contributed by atoms with Crippen molar-refractivity contribution >= 4 is 20.4 Å². The molecule has 1 aromatic carbocycles. The van der Waals surface area contributed by atoms with Crippen molar-refractivity contribution in [1.82, 2.24) is 0 Å². The molecule has 1 heterocycles. The van der Waals surface area contributed by atoms with Gasteiger partial charge in [0.2, 0.25) is 5.79 Å². The van der Waals surface area contributed by atoms with Crippen LogP contribution in [0, 0.1) is 0 Å². The molecular formula is C19H26O4Si. The van der Waals surface area contributed by atoms with Gasteiger partial charge in [-0.2, -0.15) is 0 Å². The van der Waals surface area contributed by atoms with Crippen LogP contribution in [-0.2, 0) is 18.7 Å². The van der Waals surface area contributed by atoms with Gasteiger partial charge in [0.25, 0.3) is 0 Å². The zero-order valence-corrected chi connectivity index (χ0v) is 16.0. The summed E-state index contributed by atoms with van der Waals surface area (Å²) in [6.07, 6.45) is 5.83. The summed E-state index contributed by atoms with van der Waals surface area (Å²) in [6, 6.07) is 10.1. The standard InChI is InChI=1S/C19H26O4Si/c1-19(2)21-17(14-18(20)22-19)13-16(23-24(3,4)5)12-11-15-9-7-6-8-10-15/h6-12,14,16H,13H2,1-5H3/b12-11+/t16-/m0/s1. The van der Waals surface area contributed by atoms with Gasteiger partial charge in [-0.3, -0.25) is 0 Å². The summed E-state index contributed by atoms with van der Waals surface area (Å²) >= 11 is 0. The van der Waals surface area contributed by atoms with Crippen LogP contribution in [0.4, 0.5) is 0 Å². The topological polar surface area (TPSA) is 44.8 Å². The number of ether oxygens (including phenoxy) is 2. The van der Waals surface area contributed by atoms with Crippen LogP contribution in [0.25, 0.3) is 6.08 Å². The molecule has 0 fully saturated rings. The fourth-order valence-electron chi connectivity index (χ4n) is 2.45. The van der Waals surface area contributed by atoms with Crippen molar-refractivity contribution < 1.29 is 18.7 Å². The number of carbonyl (C=O) groups is 1. The second-order valence-corrected chi connectivity index (χ2v) is 11.7. The van der Waals surface area contributed by atoms with E-state index in [4.69, 9.17) is 13.9 Å². The summed E-state index contributed by atoms with van der Waals surface area (Å²) in [5, 5.41) is 0. The number of carbonyl (C=O) groups excluding carboxylic acids is 1. The first kappa shape index (κ1) is 18.5. The Kier molecular flexibility index (Phi) is 5.67. The lowest BCUT2D eigenvalue weighted by atomic mass is 10.1. The van der Waals surface area contributed by atoms with Crippen LogP contribution in [0.5, 0.6) is 0 Å². The van der Waals surface area contributed by atoms with E-state index in [0.29, 0.717) is 12.2 Å². The summed E-state index contributed by atoms with van der Waals surface area (Å²) in [6.45, 7) is 9.89. The molecule has 0 saturated heterocycles. The Bertz CT molecular complexity index is 627. The first-order valence-corrected chi connectivity index (χ1v) is 11.6. The highest BCUT2D eigenvalue weighted by Crippen LogP contribution is 2.26. The first-order chi connectivity index (χ1) is 11.1. The van der Waals surface area contributed by atoms with E-state index in [1.807, 2.05) is 42.5 Å². The molecule has 0 bridgehead atoms. The Labute approximate surface area is 145 Å². The molecule has 24 heavy (non-hydrogen) atoms. The predicted octanol–water partition coefficient (Wildman–Crippen LogP) is 4.50. The minimum Gasteiger partial charge on any atom is -0.457 e. The Morgan fingerprint density at radius 2 is 1.83 bits per heavy atom. The van der Waals surface area contributed by atoms with E-state index >= 15 is 0 Å². The van der Waals surface area contributed by atoms with Crippen molar-refractivity contribution in [2.45, 2.75) is 51.8 Å². The lowest BCUT2D eigenvalue weighted by Gasteiger charge is -2.32. The Morgan fingerprint density at radius 3 is 2.42 bits per heavy atom. The van der Waals surface area contributed by atoms with Gasteiger partial charge < -0.3 is 13.9 Å². The molecule has 1 atom stereocenters. The van der Waals surface area contributed by atoms with Crippen molar-refractivity contribution in [1.29, 1.82) is 0 Å². The van der Waals surface area contributed by atoms with Crippen LogP contribution >= 0.6 is 0 Å². The second-order valence-electron chi connectivity index (χ2n) is 7.28. The maximum atomic E-state index is 11.7. The number of benzene rings is 1. The fourth-order valence-corrected chi connectivity index (χ4v) is 3.52. The predicted molar refractivity (Wildman–Crippen MR) is 97.7 cm³/mol. The smallest absolute Gasteiger partial charge is 0.337 e. The van der Waals surface area contributed by atoms with Gasteiger partial charge in [0.15, 0.2) is 8.32 Å². The zero-order chi connectivity index (χ0) is 17.8. The molecule has 0 saturated carbocycles. The highest BCUT2D eigenvalue weighted by Gasteiger charge is 2.31. The van der Waals surface area contributed by atoms with Gasteiger partial charge in [0.1, 0.15) is 5.76 Å². The molecule has 1 aliphatic rings. The molecular weight excluding hydrogens is 320 g/mol. The molecule has 130 valence electrons. The number of esters is 1. The van der Waals surface area contributed by atoms with E-state index in [-0.39, 0.29) is 12.1 Å². The highest BCUT2D eigenvalue weighted by atomic mass is 28.4. The molecule has 4 nitrogen and oxygen atoms in total.